The third-order valence-corrected chi connectivity index (χ3v) is 8.86. The minimum Gasteiger partial charge on any atom is -0.485 e. The number of nitrogens with two attached hydrogens (primary N) is 1. The van der Waals surface area contributed by atoms with Crippen LogP contribution in [0.1, 0.15) is 34.5 Å². The van der Waals surface area contributed by atoms with Gasteiger partial charge in [0, 0.05) is 17.0 Å². The molecule has 1 aliphatic rings. The number of ether oxygens (including phenoxy) is 2. The number of benzene rings is 2. The van der Waals surface area contributed by atoms with Crippen molar-refractivity contribution in [1.82, 2.24) is 19.7 Å². The second-order valence-corrected chi connectivity index (χ2v) is 12.3. The van der Waals surface area contributed by atoms with Crippen molar-refractivity contribution in [1.29, 1.82) is 0 Å². The van der Waals surface area contributed by atoms with E-state index in [0.717, 1.165) is 12.1 Å². The molecule has 5 aromatic rings. The van der Waals surface area contributed by atoms with Gasteiger partial charge in [-0.25, -0.2) is 35.6 Å². The number of halogens is 4. The molecule has 1 saturated carbocycles. The average molecular weight is 645 g/mol. The number of nitrogen functional groups attached to an aromatic ring is 1. The van der Waals surface area contributed by atoms with Crippen molar-refractivity contribution in [2.75, 3.05) is 17.1 Å². The zero-order chi connectivity index (χ0) is 32.0. The van der Waals surface area contributed by atoms with Crippen LogP contribution >= 0.6 is 0 Å². The van der Waals surface area contributed by atoms with Crippen LogP contribution in [-0.4, -0.2) is 52.2 Å². The number of hydrogen-bond donors (Lipinski definition) is 3. The molecule has 0 unspecified atom stereocenters. The van der Waals surface area contributed by atoms with E-state index in [0.29, 0.717) is 35.0 Å². The number of alkyl halides is 2. The highest BCUT2D eigenvalue weighted by Crippen LogP contribution is 2.36. The number of ketones is 1. The minimum atomic E-state index is -3.75. The summed E-state index contributed by atoms with van der Waals surface area (Å²) in [5.74, 6) is -3.23. The van der Waals surface area contributed by atoms with Crippen LogP contribution in [0.4, 0.5) is 29.1 Å². The van der Waals surface area contributed by atoms with Crippen molar-refractivity contribution in [2.45, 2.75) is 31.4 Å². The van der Waals surface area contributed by atoms with Gasteiger partial charge in [-0.2, -0.15) is 5.10 Å². The summed E-state index contributed by atoms with van der Waals surface area (Å²) >= 11 is 0. The fourth-order valence-electron chi connectivity index (χ4n) is 4.60. The summed E-state index contributed by atoms with van der Waals surface area (Å²) < 4.78 is 93.0. The molecule has 3 aromatic heterocycles. The second-order valence-electron chi connectivity index (χ2n) is 10.3. The highest BCUT2D eigenvalue weighted by molar-refractivity contribution is 7.93. The molecule has 4 N–H and O–H groups in total. The molecule has 2 aromatic carbocycles. The van der Waals surface area contributed by atoms with Gasteiger partial charge in [-0.1, -0.05) is 6.07 Å². The van der Waals surface area contributed by atoms with Crippen molar-refractivity contribution in [3.63, 3.8) is 0 Å². The number of nitrogens with one attached hydrogen (secondary N) is 2. The van der Waals surface area contributed by atoms with E-state index in [1.54, 1.807) is 6.92 Å². The van der Waals surface area contributed by atoms with Crippen molar-refractivity contribution in [3.8, 4) is 23.1 Å². The number of carbonyl (C=O) groups is 1. The number of pyridine rings is 1. The molecule has 0 bridgehead atoms. The molecular formula is C29H24F4N6O5S. The molecule has 234 valence electrons. The number of para-hydroxylation sites is 1. The number of anilines is 2. The Bertz CT molecular complexity index is 2040. The fraction of sp³-hybridized carbons (Fsp3) is 0.207. The first-order valence-corrected chi connectivity index (χ1v) is 15.0. The maximum absolute atomic E-state index is 14.0. The first kappa shape index (κ1) is 29.9. The van der Waals surface area contributed by atoms with Crippen LogP contribution in [0.5, 0.6) is 17.4 Å². The van der Waals surface area contributed by atoms with Crippen LogP contribution in [0.15, 0.2) is 54.9 Å². The maximum Gasteiger partial charge on any atom is 0.272 e. The summed E-state index contributed by atoms with van der Waals surface area (Å²) in [5, 5.41) is 4.03. The standard InChI is InChI=1S/C29H24F4N6O5S/c1-14-7-26(44-28-18(30)3-2-4-19(28)31)35-12-23(14)39-29(34)17(11-36-39)27(40)22-8-15-9-24(43-13-25(32)33)21(10-20(15)37-22)38-45(41,42)16-5-6-16/h2-4,7-12,16,25,37-38H,5-6,13,34H2,1H3. The first-order chi connectivity index (χ1) is 21.4. The van der Waals surface area contributed by atoms with Gasteiger partial charge in [-0.05, 0) is 55.7 Å². The van der Waals surface area contributed by atoms with Gasteiger partial charge in [0.25, 0.3) is 6.43 Å². The molecule has 45 heavy (non-hydrogen) atoms. The molecule has 0 spiro atoms. The predicted molar refractivity (Wildman–Crippen MR) is 156 cm³/mol. The number of fused-ring (bicyclic) bond motifs is 1. The van der Waals surface area contributed by atoms with Gasteiger partial charge in [0.05, 0.1) is 40.3 Å². The number of aromatic nitrogens is 4. The smallest absolute Gasteiger partial charge is 0.272 e. The number of aromatic amines is 1. The van der Waals surface area contributed by atoms with Crippen molar-refractivity contribution < 1.29 is 40.2 Å². The van der Waals surface area contributed by atoms with E-state index >= 15 is 0 Å². The molecule has 3 heterocycles. The lowest BCUT2D eigenvalue weighted by Gasteiger charge is -2.13. The van der Waals surface area contributed by atoms with Gasteiger partial charge in [0.1, 0.15) is 18.2 Å². The number of carbonyl (C=O) groups excluding carboxylic acids is 1. The van der Waals surface area contributed by atoms with Gasteiger partial charge < -0.3 is 20.2 Å². The van der Waals surface area contributed by atoms with Crippen LogP contribution in [0.3, 0.4) is 0 Å². The van der Waals surface area contributed by atoms with Gasteiger partial charge >= 0.3 is 0 Å². The van der Waals surface area contributed by atoms with E-state index in [1.807, 2.05) is 0 Å². The lowest BCUT2D eigenvalue weighted by molar-refractivity contribution is 0.0823. The molecule has 6 rings (SSSR count). The third-order valence-electron chi connectivity index (χ3n) is 7.01. The quantitative estimate of drug-likeness (QED) is 0.126. The number of sulfonamides is 1. The Hall–Kier alpha value is -5.12. The summed E-state index contributed by atoms with van der Waals surface area (Å²) in [6.07, 6.45) is 0.738. The lowest BCUT2D eigenvalue weighted by Crippen LogP contribution is -2.18. The molecule has 0 aliphatic heterocycles. The molecule has 16 heteroatoms. The molecule has 0 atom stereocenters. The minimum absolute atomic E-state index is 0.0125. The van der Waals surface area contributed by atoms with Crippen LogP contribution in [0, 0.1) is 18.6 Å². The number of nitrogens with zero attached hydrogens (tertiary/aromatic N) is 3. The van der Waals surface area contributed by atoms with Crippen molar-refractivity contribution >= 4 is 38.2 Å². The number of H-pyrrole nitrogens is 1. The fourth-order valence-corrected chi connectivity index (χ4v) is 5.99. The first-order valence-electron chi connectivity index (χ1n) is 13.5. The van der Waals surface area contributed by atoms with Gasteiger partial charge in [-0.15, -0.1) is 0 Å². The topological polar surface area (TPSA) is 154 Å². The highest BCUT2D eigenvalue weighted by atomic mass is 32.2. The van der Waals surface area contributed by atoms with E-state index < -0.39 is 51.5 Å². The van der Waals surface area contributed by atoms with Crippen LogP contribution in [0.25, 0.3) is 16.6 Å². The molecule has 0 saturated heterocycles. The maximum atomic E-state index is 14.0. The van der Waals surface area contributed by atoms with E-state index in [1.165, 1.54) is 47.4 Å². The van der Waals surface area contributed by atoms with Crippen molar-refractivity contribution in [3.05, 3.63) is 83.3 Å². The molecule has 1 aliphatic carbocycles. The van der Waals surface area contributed by atoms with Gasteiger partial charge in [-0.3, -0.25) is 9.52 Å². The largest absolute Gasteiger partial charge is 0.485 e. The Morgan fingerprint density at radius 1 is 1.16 bits per heavy atom. The van der Waals surface area contributed by atoms with Gasteiger partial charge in [0.2, 0.25) is 27.4 Å². The molecular weight excluding hydrogens is 620 g/mol. The summed E-state index contributed by atoms with van der Waals surface area (Å²) in [6.45, 7) is 0.696. The lowest BCUT2D eigenvalue weighted by atomic mass is 10.1. The summed E-state index contributed by atoms with van der Waals surface area (Å²) in [7, 11) is -3.75. The third kappa shape index (κ3) is 6.00. The number of aryl methyl sites for hydroxylation is 1. The van der Waals surface area contributed by atoms with E-state index in [4.69, 9.17) is 15.2 Å². The Balaban J connectivity index is 1.28. The second kappa shape index (κ2) is 11.4. The zero-order valence-electron chi connectivity index (χ0n) is 23.4. The molecule has 11 nitrogen and oxygen atoms in total. The van der Waals surface area contributed by atoms with E-state index in [-0.39, 0.29) is 34.4 Å². The van der Waals surface area contributed by atoms with E-state index in [2.05, 4.69) is 19.8 Å². The highest BCUT2D eigenvalue weighted by Gasteiger charge is 2.36. The average Bonchev–Trinajstić information content (AvgIpc) is 3.68. The van der Waals surface area contributed by atoms with Crippen LogP contribution in [-0.2, 0) is 10.0 Å². The summed E-state index contributed by atoms with van der Waals surface area (Å²) in [4.78, 5) is 20.5. The number of rotatable bonds is 11. The Kier molecular flexibility index (Phi) is 7.60. The SMILES string of the molecule is Cc1cc(Oc2c(F)cccc2F)ncc1-n1ncc(C(=O)c2cc3cc(OCC(F)F)c(NS(=O)(=O)C4CC4)cc3[nH]2)c1N. The van der Waals surface area contributed by atoms with Crippen molar-refractivity contribution in [2.24, 2.45) is 0 Å². The Morgan fingerprint density at radius 2 is 1.89 bits per heavy atom. The summed E-state index contributed by atoms with van der Waals surface area (Å²) in [6, 6.07) is 8.89. The zero-order valence-corrected chi connectivity index (χ0v) is 24.2. The molecule has 1 fully saturated rings. The normalized spacial score (nSPS) is 13.4. The predicted octanol–water partition coefficient (Wildman–Crippen LogP) is 5.49. The molecule has 0 amide bonds. The summed E-state index contributed by atoms with van der Waals surface area (Å²) in [5.41, 5.74) is 7.53. The van der Waals surface area contributed by atoms with E-state index in [9.17, 15) is 30.8 Å². The monoisotopic (exact) mass is 644 g/mol. The van der Waals surface area contributed by atoms with Gasteiger partial charge in [0.15, 0.2) is 11.6 Å². The van der Waals surface area contributed by atoms with Crippen LogP contribution in [0.2, 0.25) is 0 Å². The van der Waals surface area contributed by atoms with Crippen LogP contribution < -0.4 is 19.9 Å². The Morgan fingerprint density at radius 3 is 2.56 bits per heavy atom. The molecule has 0 radical (unpaired) electrons. The number of hydrogen-bond acceptors (Lipinski definition) is 8. The Labute approximate surface area is 253 Å².